The van der Waals surface area contributed by atoms with Crippen molar-refractivity contribution in [2.45, 2.75) is 26.3 Å². The molecule has 2 aliphatic heterocycles. The number of halogens is 1. The first-order chi connectivity index (χ1) is 13.7. The average Bonchev–Trinajstić information content (AvgIpc) is 3.20. The summed E-state index contributed by atoms with van der Waals surface area (Å²) in [6.07, 6.45) is 0.553. The van der Waals surface area contributed by atoms with Gasteiger partial charge >= 0.3 is 0 Å². The molecule has 2 aliphatic rings. The molecule has 0 spiro atoms. The number of anilines is 1. The van der Waals surface area contributed by atoms with Crippen molar-refractivity contribution in [1.29, 1.82) is 0 Å². The molecule has 1 aromatic carbocycles. The van der Waals surface area contributed by atoms with Crippen LogP contribution in [0.1, 0.15) is 34.2 Å². The van der Waals surface area contributed by atoms with Gasteiger partial charge in [-0.15, -0.1) is 0 Å². The topological polar surface area (TPSA) is 75.5 Å². The highest BCUT2D eigenvalue weighted by molar-refractivity contribution is 7.91. The Morgan fingerprint density at radius 1 is 1.10 bits per heavy atom. The van der Waals surface area contributed by atoms with Crippen molar-refractivity contribution in [2.75, 3.05) is 42.6 Å². The zero-order chi connectivity index (χ0) is 20.8. The fourth-order valence-electron chi connectivity index (χ4n) is 4.27. The third kappa shape index (κ3) is 4.00. The molecule has 0 saturated carbocycles. The van der Waals surface area contributed by atoms with E-state index in [4.69, 9.17) is 11.6 Å². The van der Waals surface area contributed by atoms with Crippen LogP contribution >= 0.6 is 11.6 Å². The first-order valence-electron chi connectivity index (χ1n) is 9.81. The molecule has 9 heteroatoms. The molecule has 1 aromatic heterocycles. The van der Waals surface area contributed by atoms with Crippen LogP contribution in [0.4, 0.5) is 5.69 Å². The molecule has 0 N–H and O–H groups in total. The second-order valence-electron chi connectivity index (χ2n) is 7.80. The van der Waals surface area contributed by atoms with Crippen molar-refractivity contribution in [1.82, 2.24) is 14.7 Å². The summed E-state index contributed by atoms with van der Waals surface area (Å²) in [5.41, 5.74) is 3.13. The molecule has 29 heavy (non-hydrogen) atoms. The summed E-state index contributed by atoms with van der Waals surface area (Å²) in [7, 11) is -3.01. The van der Waals surface area contributed by atoms with Crippen LogP contribution in [0.5, 0.6) is 0 Å². The Bertz CT molecular complexity index is 1020. The van der Waals surface area contributed by atoms with Gasteiger partial charge in [-0.25, -0.2) is 8.42 Å². The Hall–Kier alpha value is -2.06. The molecule has 0 aliphatic carbocycles. The molecule has 2 fully saturated rings. The zero-order valence-electron chi connectivity index (χ0n) is 16.6. The number of piperazine rings is 1. The molecule has 0 unspecified atom stereocenters. The van der Waals surface area contributed by atoms with E-state index >= 15 is 0 Å². The monoisotopic (exact) mass is 436 g/mol. The Kier molecular flexibility index (Phi) is 5.33. The lowest BCUT2D eigenvalue weighted by atomic mass is 10.1. The van der Waals surface area contributed by atoms with Gasteiger partial charge < -0.3 is 9.80 Å². The largest absolute Gasteiger partial charge is 0.368 e. The molecule has 0 bridgehead atoms. The van der Waals surface area contributed by atoms with Crippen molar-refractivity contribution < 1.29 is 13.2 Å². The molecule has 156 valence electrons. The maximum absolute atomic E-state index is 13.2. The van der Waals surface area contributed by atoms with Crippen molar-refractivity contribution in [3.05, 3.63) is 46.2 Å². The highest BCUT2D eigenvalue weighted by Gasteiger charge is 2.33. The predicted molar refractivity (Wildman–Crippen MR) is 114 cm³/mol. The smallest absolute Gasteiger partial charge is 0.257 e. The number of aromatic nitrogens is 2. The summed E-state index contributed by atoms with van der Waals surface area (Å²) in [6.45, 7) is 6.44. The maximum Gasteiger partial charge on any atom is 0.257 e. The van der Waals surface area contributed by atoms with Crippen LogP contribution < -0.4 is 4.90 Å². The molecule has 1 atom stereocenters. The fraction of sp³-hybridized carbons (Fsp3) is 0.500. The van der Waals surface area contributed by atoms with Gasteiger partial charge in [0, 0.05) is 42.6 Å². The van der Waals surface area contributed by atoms with Gasteiger partial charge in [-0.3, -0.25) is 9.48 Å². The van der Waals surface area contributed by atoms with Crippen LogP contribution in [-0.4, -0.2) is 66.7 Å². The van der Waals surface area contributed by atoms with E-state index < -0.39 is 9.84 Å². The molecule has 7 nitrogen and oxygen atoms in total. The first-order valence-corrected chi connectivity index (χ1v) is 12.0. The molecule has 1 amide bonds. The number of sulfone groups is 1. The minimum Gasteiger partial charge on any atom is -0.368 e. The van der Waals surface area contributed by atoms with Gasteiger partial charge in [0.05, 0.1) is 28.8 Å². The molecule has 2 saturated heterocycles. The van der Waals surface area contributed by atoms with Gasteiger partial charge in [0.15, 0.2) is 9.84 Å². The second-order valence-corrected chi connectivity index (χ2v) is 10.5. The van der Waals surface area contributed by atoms with Crippen molar-refractivity contribution in [2.24, 2.45) is 0 Å². The van der Waals surface area contributed by atoms with Gasteiger partial charge in [0.2, 0.25) is 0 Å². The fourth-order valence-corrected chi connectivity index (χ4v) is 6.09. The van der Waals surface area contributed by atoms with E-state index in [-0.39, 0.29) is 23.5 Å². The highest BCUT2D eigenvalue weighted by Crippen LogP contribution is 2.28. The van der Waals surface area contributed by atoms with E-state index in [1.165, 1.54) is 0 Å². The quantitative estimate of drug-likeness (QED) is 0.738. The summed E-state index contributed by atoms with van der Waals surface area (Å²) >= 11 is 5.96. The van der Waals surface area contributed by atoms with Crippen LogP contribution in [-0.2, 0) is 9.84 Å². The Morgan fingerprint density at radius 2 is 1.76 bits per heavy atom. The van der Waals surface area contributed by atoms with Crippen molar-refractivity contribution in [3.63, 3.8) is 0 Å². The Balaban J connectivity index is 1.47. The molecule has 0 radical (unpaired) electrons. The van der Waals surface area contributed by atoms with Crippen LogP contribution in [0.3, 0.4) is 0 Å². The SMILES string of the molecule is Cc1nn([C@@H]2CCS(=O)(=O)C2)c(C)c1C(=O)N1CCN(c2ccc(Cl)cc2)CC1. The van der Waals surface area contributed by atoms with Crippen molar-refractivity contribution >= 4 is 33.0 Å². The Labute approximate surface area is 176 Å². The summed E-state index contributed by atoms with van der Waals surface area (Å²) in [5, 5.41) is 5.24. The van der Waals surface area contributed by atoms with Crippen LogP contribution in [0.25, 0.3) is 0 Å². The first kappa shape index (κ1) is 20.2. The van der Waals surface area contributed by atoms with E-state index in [1.54, 1.807) is 4.68 Å². The van der Waals surface area contributed by atoms with E-state index in [1.807, 2.05) is 43.0 Å². The van der Waals surface area contributed by atoms with Gasteiger partial charge in [0.1, 0.15) is 0 Å². The summed E-state index contributed by atoms with van der Waals surface area (Å²) in [5.74, 6) is 0.261. The lowest BCUT2D eigenvalue weighted by Crippen LogP contribution is -2.49. The lowest BCUT2D eigenvalue weighted by molar-refractivity contribution is 0.0745. The number of benzene rings is 1. The molecular weight excluding hydrogens is 412 g/mol. The number of nitrogens with zero attached hydrogens (tertiary/aromatic N) is 4. The van der Waals surface area contributed by atoms with E-state index in [0.29, 0.717) is 35.8 Å². The lowest BCUT2D eigenvalue weighted by Gasteiger charge is -2.36. The van der Waals surface area contributed by atoms with Crippen LogP contribution in [0.15, 0.2) is 24.3 Å². The highest BCUT2D eigenvalue weighted by atomic mass is 35.5. The number of amides is 1. The van der Waals surface area contributed by atoms with Crippen molar-refractivity contribution in [3.8, 4) is 0 Å². The Morgan fingerprint density at radius 3 is 2.34 bits per heavy atom. The molecule has 3 heterocycles. The number of carbonyl (C=O) groups excluding carboxylic acids is 1. The standard InChI is InChI=1S/C20H25ClN4O3S/c1-14-19(15(2)25(22-14)18-7-12-29(27,28)13-18)20(26)24-10-8-23(9-11-24)17-5-3-16(21)4-6-17/h3-6,18H,7-13H2,1-2H3/t18-/m1/s1. The minimum absolute atomic E-state index is 0.0251. The molecule has 4 rings (SSSR count). The number of rotatable bonds is 3. The van der Waals surface area contributed by atoms with E-state index in [9.17, 15) is 13.2 Å². The summed E-state index contributed by atoms with van der Waals surface area (Å²) < 4.78 is 25.4. The third-order valence-corrected chi connectivity index (χ3v) is 7.85. The second kappa shape index (κ2) is 7.65. The van der Waals surface area contributed by atoms with E-state index in [2.05, 4.69) is 10.00 Å². The maximum atomic E-state index is 13.2. The minimum atomic E-state index is -3.01. The third-order valence-electron chi connectivity index (χ3n) is 5.85. The van der Waals surface area contributed by atoms with Crippen LogP contribution in [0.2, 0.25) is 5.02 Å². The molecule has 2 aromatic rings. The summed E-state index contributed by atoms with van der Waals surface area (Å²) in [6, 6.07) is 7.56. The zero-order valence-corrected chi connectivity index (χ0v) is 18.2. The van der Waals surface area contributed by atoms with Crippen LogP contribution in [0, 0.1) is 13.8 Å². The van der Waals surface area contributed by atoms with E-state index in [0.717, 1.165) is 24.5 Å². The number of hydrogen-bond acceptors (Lipinski definition) is 5. The predicted octanol–water partition coefficient (Wildman–Crippen LogP) is 2.48. The number of aryl methyl sites for hydroxylation is 1. The molecular formula is C20H25ClN4O3S. The summed E-state index contributed by atoms with van der Waals surface area (Å²) in [4.78, 5) is 17.3. The van der Waals surface area contributed by atoms with Gasteiger partial charge in [-0.2, -0.15) is 5.10 Å². The van der Waals surface area contributed by atoms with Gasteiger partial charge in [0.25, 0.3) is 5.91 Å². The normalized spacial score (nSPS) is 21.6. The number of hydrogen-bond donors (Lipinski definition) is 0. The van der Waals surface area contributed by atoms with Gasteiger partial charge in [-0.1, -0.05) is 11.6 Å². The number of carbonyl (C=O) groups is 1. The average molecular weight is 437 g/mol. The van der Waals surface area contributed by atoms with Gasteiger partial charge in [-0.05, 0) is 44.5 Å².